The molecule has 3 aromatic heterocycles. The Kier molecular flexibility index (Phi) is 11.8. The second-order valence-corrected chi connectivity index (χ2v) is 26.8. The smallest absolute Gasteiger partial charge is 0.143 e. The highest BCUT2D eigenvalue weighted by atomic mass is 16.3. The number of hydrogen-bond donors (Lipinski definition) is 0. The van der Waals surface area contributed by atoms with E-state index in [1.807, 2.05) is 109 Å². The van der Waals surface area contributed by atoms with Gasteiger partial charge in [-0.2, -0.15) is 0 Å². The molecule has 488 valence electrons. The summed E-state index contributed by atoms with van der Waals surface area (Å²) in [6.45, 7) is 0. The molecule has 0 bridgehead atoms. The summed E-state index contributed by atoms with van der Waals surface area (Å²) in [4.78, 5) is 0. The van der Waals surface area contributed by atoms with Crippen molar-refractivity contribution in [3.63, 3.8) is 0 Å². The Bertz CT molecular complexity index is 7760. The van der Waals surface area contributed by atoms with Gasteiger partial charge in [0.25, 0.3) is 0 Å². The lowest BCUT2D eigenvalue weighted by Gasteiger charge is -2.19. The van der Waals surface area contributed by atoms with Crippen LogP contribution in [-0.2, 0) is 0 Å². The maximum atomic E-state index is 9.00. The number of rotatable bonds is 8. The molecule has 0 amide bonds. The third-order valence-corrected chi connectivity index (χ3v) is 21.1. The van der Waals surface area contributed by atoms with E-state index in [1.165, 1.54) is 0 Å². The van der Waals surface area contributed by atoms with Gasteiger partial charge >= 0.3 is 0 Å². The lowest BCUT2D eigenvalue weighted by molar-refractivity contribution is 0.668. The zero-order valence-corrected chi connectivity index (χ0v) is 56.2. The Morgan fingerprint density at radius 1 is 0.181 bits per heavy atom. The molecule has 22 aromatic rings. The lowest BCUT2D eigenvalue weighted by Crippen LogP contribution is -1.92. The normalized spacial score (nSPS) is 13.1. The van der Waals surface area contributed by atoms with Crippen LogP contribution in [0.15, 0.2) is 389 Å². The van der Waals surface area contributed by atoms with Gasteiger partial charge in [-0.3, -0.25) is 0 Å². The Balaban J connectivity index is 0.000000145. The third kappa shape index (κ3) is 9.81. The summed E-state index contributed by atoms with van der Waals surface area (Å²) >= 11 is 0. The SMILES string of the molecule is [2H]c1c([2H])c([2H])c(-c2c3ccccc3c(-c3cc(-c4cccc5oc6ccc(-c7cccc8c7oc7ccccc78)cc6c45)c4ccccc4c3)c3ccccc23)c([2H])c1[2H].[2H]c1c([2H])c([2H])c(-c2c3ccccc3c(-c3cc(-c4cccc5oc6ccc(-c7ccccc7)cc6c45)c4ccccc4c3)c3ccccc23)c([2H])c1[2H]. The minimum Gasteiger partial charge on any atom is -0.456 e. The van der Waals surface area contributed by atoms with Crippen LogP contribution < -0.4 is 0 Å². The second kappa shape index (κ2) is 24.5. The van der Waals surface area contributed by atoms with Crippen LogP contribution >= 0.6 is 0 Å². The maximum Gasteiger partial charge on any atom is 0.143 e. The van der Waals surface area contributed by atoms with Crippen molar-refractivity contribution in [1.82, 2.24) is 0 Å². The van der Waals surface area contributed by atoms with E-state index in [1.54, 1.807) is 0 Å². The number of para-hydroxylation sites is 2. The van der Waals surface area contributed by atoms with Crippen molar-refractivity contribution < 1.29 is 27.0 Å². The van der Waals surface area contributed by atoms with Gasteiger partial charge in [-0.25, -0.2) is 0 Å². The van der Waals surface area contributed by atoms with Gasteiger partial charge in [-0.15, -0.1) is 0 Å². The van der Waals surface area contributed by atoms with E-state index in [0.29, 0.717) is 11.1 Å². The van der Waals surface area contributed by atoms with Crippen molar-refractivity contribution in [3.8, 4) is 89.0 Å². The van der Waals surface area contributed by atoms with E-state index < -0.39 is 12.1 Å². The first-order chi connectivity index (χ1) is 56.2. The summed E-state index contributed by atoms with van der Waals surface area (Å²) in [6.07, 6.45) is 0. The molecule has 0 radical (unpaired) electrons. The van der Waals surface area contributed by atoms with E-state index in [2.05, 4.69) is 206 Å². The molecular weight excluding hydrogens is 1270 g/mol. The molecule has 105 heavy (non-hydrogen) atoms. The van der Waals surface area contributed by atoms with Crippen LogP contribution in [0.3, 0.4) is 0 Å². The molecule has 0 unspecified atom stereocenters. The highest BCUT2D eigenvalue weighted by molar-refractivity contribution is 6.26. The van der Waals surface area contributed by atoms with Gasteiger partial charge in [-0.1, -0.05) is 309 Å². The molecule has 0 aliphatic rings. The first kappa shape index (κ1) is 50.5. The van der Waals surface area contributed by atoms with Crippen molar-refractivity contribution in [2.75, 3.05) is 0 Å². The minimum absolute atomic E-state index is 0.193. The van der Waals surface area contributed by atoms with Crippen molar-refractivity contribution in [2.24, 2.45) is 0 Å². The Hall–Kier alpha value is -13.9. The average Bonchev–Trinajstić information content (AvgIpc) is 0.945. The van der Waals surface area contributed by atoms with Crippen LogP contribution in [-0.4, -0.2) is 0 Å². The van der Waals surface area contributed by atoms with E-state index >= 15 is 0 Å². The van der Waals surface area contributed by atoms with Gasteiger partial charge in [0, 0.05) is 37.9 Å². The van der Waals surface area contributed by atoms with Crippen molar-refractivity contribution in [3.05, 3.63) is 376 Å². The zero-order chi connectivity index (χ0) is 77.8. The number of benzene rings is 19. The predicted molar refractivity (Wildman–Crippen MR) is 443 cm³/mol. The molecule has 0 aliphatic carbocycles. The first-order valence-electron chi connectivity index (χ1n) is 40.2. The van der Waals surface area contributed by atoms with Crippen molar-refractivity contribution in [2.45, 2.75) is 0 Å². The molecule has 0 aliphatic heterocycles. The van der Waals surface area contributed by atoms with E-state index in [-0.39, 0.29) is 59.5 Å². The lowest BCUT2D eigenvalue weighted by atomic mass is 9.84. The van der Waals surface area contributed by atoms with Crippen molar-refractivity contribution >= 4 is 130 Å². The molecule has 3 heteroatoms. The van der Waals surface area contributed by atoms with Gasteiger partial charge in [0.2, 0.25) is 0 Å². The Morgan fingerprint density at radius 2 is 0.533 bits per heavy atom. The number of furan rings is 3. The van der Waals surface area contributed by atoms with Gasteiger partial charge in [0.05, 0.1) is 13.7 Å². The Morgan fingerprint density at radius 3 is 1.01 bits per heavy atom. The van der Waals surface area contributed by atoms with Crippen LogP contribution in [0.1, 0.15) is 13.7 Å². The van der Waals surface area contributed by atoms with Crippen LogP contribution in [0.25, 0.3) is 219 Å². The molecule has 0 saturated heterocycles. The Labute approximate surface area is 619 Å². The van der Waals surface area contributed by atoms with Crippen LogP contribution in [0, 0.1) is 0 Å². The van der Waals surface area contributed by atoms with Crippen molar-refractivity contribution in [1.29, 1.82) is 0 Å². The molecule has 19 aromatic carbocycles. The number of fused-ring (bicyclic) bond motifs is 15. The molecular formula is C102H62O3. The third-order valence-electron chi connectivity index (χ3n) is 21.1. The summed E-state index contributed by atoms with van der Waals surface area (Å²) in [5, 5.41) is 17.6. The number of hydrogen-bond acceptors (Lipinski definition) is 3. The fourth-order valence-corrected chi connectivity index (χ4v) is 16.6. The molecule has 0 atom stereocenters. The quantitative estimate of drug-likeness (QED) is 0.142. The topological polar surface area (TPSA) is 39.4 Å². The summed E-state index contributed by atoms with van der Waals surface area (Å²) in [5.41, 5.74) is 19.2. The average molecular weight is 1350 g/mol. The van der Waals surface area contributed by atoms with Crippen LogP contribution in [0.2, 0.25) is 0 Å². The predicted octanol–water partition coefficient (Wildman–Crippen LogP) is 29.3. The second-order valence-electron chi connectivity index (χ2n) is 26.8. The maximum absolute atomic E-state index is 9.00. The monoisotopic (exact) mass is 1340 g/mol. The molecule has 0 saturated carbocycles. The summed E-state index contributed by atoms with van der Waals surface area (Å²) < 4.78 is 106. The standard InChI is InChI=1S/C54H32O2.C48H30O/c1-2-14-33(15-3-1)51-40-19-6-8-21-42(40)52(43-22-9-7-20-41(43)51)36-30-34-16-4-5-17-37(34)46(32-36)44-24-13-27-50-53(44)47-31-35(28-29-49(47)55-50)38-23-12-25-45-39-18-10-11-26-48(39)56-54(38)45;1-3-14-31(15-4-1)33-26-27-44-43(29-33)48-41(24-13-25-45(48)49-44)42-30-35(28-34-18-7-8-19-36(34)42)47-39-22-11-9-20-37(39)46(32-16-5-2-6-17-32)38-21-10-12-23-40(38)47/h1-32H;1-30H/i1D,2D,3D,14D,15D;2D,5D,6D,16D,17D. The molecule has 3 nitrogen and oxygen atoms in total. The highest BCUT2D eigenvalue weighted by Crippen LogP contribution is 2.51. The fraction of sp³-hybridized carbons (Fsp3) is 0. The molecule has 0 N–H and O–H groups in total. The van der Waals surface area contributed by atoms with Gasteiger partial charge in [0.15, 0.2) is 0 Å². The van der Waals surface area contributed by atoms with Gasteiger partial charge in [0.1, 0.15) is 33.5 Å². The van der Waals surface area contributed by atoms with Gasteiger partial charge in [-0.05, 0) is 215 Å². The molecule has 0 fully saturated rings. The summed E-state index contributed by atoms with van der Waals surface area (Å²) in [6, 6.07) is 105. The fourth-order valence-electron chi connectivity index (χ4n) is 16.6. The van der Waals surface area contributed by atoms with E-state index in [4.69, 9.17) is 27.0 Å². The zero-order valence-electron chi connectivity index (χ0n) is 66.2. The summed E-state index contributed by atoms with van der Waals surface area (Å²) in [7, 11) is 0. The largest absolute Gasteiger partial charge is 0.456 e. The van der Waals surface area contributed by atoms with Crippen LogP contribution in [0.5, 0.6) is 0 Å². The first-order valence-corrected chi connectivity index (χ1v) is 35.2. The van der Waals surface area contributed by atoms with Gasteiger partial charge < -0.3 is 13.3 Å². The molecule has 0 spiro atoms. The van der Waals surface area contributed by atoms with E-state index in [9.17, 15) is 0 Å². The minimum atomic E-state index is -0.409. The van der Waals surface area contributed by atoms with E-state index in [0.717, 1.165) is 197 Å². The molecule has 3 heterocycles. The van der Waals surface area contributed by atoms with Crippen LogP contribution in [0.4, 0.5) is 0 Å². The highest BCUT2D eigenvalue weighted by Gasteiger charge is 2.24. The summed E-state index contributed by atoms with van der Waals surface area (Å²) in [5.74, 6) is 0. The molecule has 22 rings (SSSR count).